The largest absolute Gasteiger partial charge is 0.313 e. The third kappa shape index (κ3) is 1.99. The SMILES string of the molecule is CNCc1ncnn1-c1ccc(C)nn1. The van der Waals surface area contributed by atoms with Crippen LogP contribution >= 0.6 is 0 Å². The second kappa shape index (κ2) is 4.14. The Morgan fingerprint density at radius 2 is 2.20 bits per heavy atom. The Labute approximate surface area is 87.4 Å². The molecule has 0 saturated carbocycles. The maximum absolute atomic E-state index is 4.13. The van der Waals surface area contributed by atoms with Gasteiger partial charge in [0.15, 0.2) is 5.82 Å². The zero-order valence-electron chi connectivity index (χ0n) is 8.68. The van der Waals surface area contributed by atoms with Crippen LogP contribution < -0.4 is 5.32 Å². The third-order valence-electron chi connectivity index (χ3n) is 1.95. The van der Waals surface area contributed by atoms with Gasteiger partial charge in [-0.3, -0.25) is 0 Å². The van der Waals surface area contributed by atoms with Crippen LogP contribution in [0.25, 0.3) is 5.82 Å². The second-order valence-electron chi connectivity index (χ2n) is 3.15. The number of nitrogens with zero attached hydrogens (tertiary/aromatic N) is 5. The van der Waals surface area contributed by atoms with Gasteiger partial charge >= 0.3 is 0 Å². The van der Waals surface area contributed by atoms with Gasteiger partial charge in [-0.1, -0.05) is 0 Å². The van der Waals surface area contributed by atoms with Gasteiger partial charge in [-0.15, -0.1) is 5.10 Å². The molecule has 0 unspecified atom stereocenters. The van der Waals surface area contributed by atoms with Crippen LogP contribution in [0.5, 0.6) is 0 Å². The van der Waals surface area contributed by atoms with Crippen molar-refractivity contribution in [2.24, 2.45) is 0 Å². The van der Waals surface area contributed by atoms with Crippen LogP contribution in [0.3, 0.4) is 0 Å². The van der Waals surface area contributed by atoms with Crippen LogP contribution in [0.4, 0.5) is 0 Å². The minimum Gasteiger partial charge on any atom is -0.313 e. The number of hydrogen-bond donors (Lipinski definition) is 1. The normalized spacial score (nSPS) is 10.5. The lowest BCUT2D eigenvalue weighted by molar-refractivity contribution is 0.693. The molecule has 2 aromatic heterocycles. The maximum Gasteiger partial charge on any atom is 0.177 e. The summed E-state index contributed by atoms with van der Waals surface area (Å²) in [6.07, 6.45) is 1.51. The van der Waals surface area contributed by atoms with Crippen molar-refractivity contribution < 1.29 is 0 Å². The van der Waals surface area contributed by atoms with E-state index in [-0.39, 0.29) is 0 Å². The monoisotopic (exact) mass is 204 g/mol. The molecular weight excluding hydrogens is 192 g/mol. The molecule has 78 valence electrons. The number of aromatic nitrogens is 5. The molecule has 0 aliphatic rings. The summed E-state index contributed by atoms with van der Waals surface area (Å²) in [5.74, 6) is 1.50. The summed E-state index contributed by atoms with van der Waals surface area (Å²) < 4.78 is 1.67. The second-order valence-corrected chi connectivity index (χ2v) is 3.15. The summed E-state index contributed by atoms with van der Waals surface area (Å²) >= 11 is 0. The summed E-state index contributed by atoms with van der Waals surface area (Å²) in [6, 6.07) is 3.77. The van der Waals surface area contributed by atoms with E-state index in [9.17, 15) is 0 Å². The minimum absolute atomic E-state index is 0.648. The molecule has 0 aliphatic carbocycles. The van der Waals surface area contributed by atoms with Crippen LogP contribution in [-0.4, -0.2) is 32.0 Å². The van der Waals surface area contributed by atoms with Gasteiger partial charge in [-0.25, -0.2) is 4.98 Å². The van der Waals surface area contributed by atoms with E-state index in [0.29, 0.717) is 12.4 Å². The van der Waals surface area contributed by atoms with Gasteiger partial charge in [-0.05, 0) is 26.1 Å². The highest BCUT2D eigenvalue weighted by Gasteiger charge is 2.06. The summed E-state index contributed by atoms with van der Waals surface area (Å²) in [6.45, 7) is 2.54. The van der Waals surface area contributed by atoms with Crippen LogP contribution in [0, 0.1) is 6.92 Å². The fourth-order valence-electron chi connectivity index (χ4n) is 1.24. The average molecular weight is 204 g/mol. The molecule has 0 bridgehead atoms. The molecule has 6 heteroatoms. The highest BCUT2D eigenvalue weighted by molar-refractivity contribution is 5.20. The molecule has 0 saturated heterocycles. The van der Waals surface area contributed by atoms with E-state index < -0.39 is 0 Å². The molecule has 0 amide bonds. The first-order valence-corrected chi connectivity index (χ1v) is 4.65. The Morgan fingerprint density at radius 1 is 1.33 bits per heavy atom. The third-order valence-corrected chi connectivity index (χ3v) is 1.95. The van der Waals surface area contributed by atoms with Crippen LogP contribution in [-0.2, 0) is 6.54 Å². The summed E-state index contributed by atoms with van der Waals surface area (Å²) in [5.41, 5.74) is 0.883. The molecule has 0 atom stereocenters. The Kier molecular flexibility index (Phi) is 2.68. The highest BCUT2D eigenvalue weighted by atomic mass is 15.4. The van der Waals surface area contributed by atoms with E-state index in [1.54, 1.807) is 4.68 Å². The molecule has 0 spiro atoms. The van der Waals surface area contributed by atoms with Gasteiger partial charge in [0, 0.05) is 0 Å². The van der Waals surface area contributed by atoms with Crippen LogP contribution in [0.15, 0.2) is 18.5 Å². The van der Waals surface area contributed by atoms with Crippen molar-refractivity contribution in [1.82, 2.24) is 30.3 Å². The van der Waals surface area contributed by atoms with E-state index >= 15 is 0 Å². The van der Waals surface area contributed by atoms with Gasteiger partial charge < -0.3 is 5.32 Å². The molecule has 0 radical (unpaired) electrons. The van der Waals surface area contributed by atoms with Gasteiger partial charge in [0.2, 0.25) is 0 Å². The zero-order valence-corrected chi connectivity index (χ0v) is 8.68. The van der Waals surface area contributed by atoms with E-state index in [2.05, 4.69) is 25.6 Å². The summed E-state index contributed by atoms with van der Waals surface area (Å²) in [4.78, 5) is 4.13. The van der Waals surface area contributed by atoms with Crippen LogP contribution in [0.1, 0.15) is 11.5 Å². The standard InChI is InChI=1S/C9H12N6/c1-7-3-4-8(14-13-7)15-9(5-10-2)11-6-12-15/h3-4,6,10H,5H2,1-2H3. The molecule has 2 rings (SSSR count). The molecule has 15 heavy (non-hydrogen) atoms. The van der Waals surface area contributed by atoms with E-state index in [4.69, 9.17) is 0 Å². The fraction of sp³-hybridized carbons (Fsp3) is 0.333. The lowest BCUT2D eigenvalue weighted by Gasteiger charge is -2.03. The van der Waals surface area contributed by atoms with Crippen molar-refractivity contribution in [3.8, 4) is 5.82 Å². The fourth-order valence-corrected chi connectivity index (χ4v) is 1.24. The zero-order chi connectivity index (χ0) is 10.7. The van der Waals surface area contributed by atoms with Gasteiger partial charge in [-0.2, -0.15) is 14.9 Å². The minimum atomic E-state index is 0.648. The lowest BCUT2D eigenvalue weighted by Crippen LogP contribution is -2.13. The first kappa shape index (κ1) is 9.72. The molecule has 6 nitrogen and oxygen atoms in total. The number of rotatable bonds is 3. The average Bonchev–Trinajstić information content (AvgIpc) is 2.68. The maximum atomic E-state index is 4.13. The van der Waals surface area contributed by atoms with Gasteiger partial charge in [0.05, 0.1) is 12.2 Å². The molecule has 2 heterocycles. The molecule has 0 aliphatic heterocycles. The van der Waals surface area contributed by atoms with Crippen molar-refractivity contribution in [3.63, 3.8) is 0 Å². The van der Waals surface area contributed by atoms with Gasteiger partial charge in [0.25, 0.3) is 0 Å². The van der Waals surface area contributed by atoms with Crippen molar-refractivity contribution in [3.05, 3.63) is 30.0 Å². The Bertz CT molecular complexity index is 432. The molecule has 2 aromatic rings. The van der Waals surface area contributed by atoms with Gasteiger partial charge in [0.1, 0.15) is 12.2 Å². The van der Waals surface area contributed by atoms with E-state index in [1.165, 1.54) is 6.33 Å². The summed E-state index contributed by atoms with van der Waals surface area (Å²) in [5, 5.41) is 15.1. The highest BCUT2D eigenvalue weighted by Crippen LogP contribution is 2.04. The van der Waals surface area contributed by atoms with Crippen LogP contribution in [0.2, 0.25) is 0 Å². The Morgan fingerprint density at radius 3 is 2.87 bits per heavy atom. The predicted molar refractivity (Wildman–Crippen MR) is 54.4 cm³/mol. The van der Waals surface area contributed by atoms with Crippen molar-refractivity contribution in [2.75, 3.05) is 7.05 Å². The quantitative estimate of drug-likeness (QED) is 0.767. The molecule has 0 aromatic carbocycles. The van der Waals surface area contributed by atoms with Crippen molar-refractivity contribution >= 4 is 0 Å². The number of aryl methyl sites for hydroxylation is 1. The number of hydrogen-bond acceptors (Lipinski definition) is 5. The first-order chi connectivity index (χ1) is 7.31. The molecule has 1 N–H and O–H groups in total. The Hall–Kier alpha value is -1.82. The topological polar surface area (TPSA) is 68.5 Å². The van der Waals surface area contributed by atoms with E-state index in [0.717, 1.165) is 11.5 Å². The molecular formula is C9H12N6. The van der Waals surface area contributed by atoms with Crippen molar-refractivity contribution in [2.45, 2.75) is 13.5 Å². The number of nitrogens with one attached hydrogen (secondary N) is 1. The van der Waals surface area contributed by atoms with E-state index in [1.807, 2.05) is 26.1 Å². The summed E-state index contributed by atoms with van der Waals surface area (Å²) in [7, 11) is 1.86. The van der Waals surface area contributed by atoms with Crippen molar-refractivity contribution in [1.29, 1.82) is 0 Å². The lowest BCUT2D eigenvalue weighted by atomic mass is 10.4. The smallest absolute Gasteiger partial charge is 0.177 e. The predicted octanol–water partition coefficient (Wildman–Crippen LogP) is 0.0851. The molecule has 0 fully saturated rings. The first-order valence-electron chi connectivity index (χ1n) is 4.65. The Balaban J connectivity index is 2.36.